The summed E-state index contributed by atoms with van der Waals surface area (Å²) in [5, 5.41) is 11.6. The first-order valence-corrected chi connectivity index (χ1v) is 9.62. The molecule has 4 rings (SSSR count). The van der Waals surface area contributed by atoms with E-state index >= 15 is 0 Å². The molecule has 0 aromatic heterocycles. The van der Waals surface area contributed by atoms with Crippen molar-refractivity contribution in [1.82, 2.24) is 4.90 Å². The summed E-state index contributed by atoms with van der Waals surface area (Å²) in [5.41, 5.74) is 1.72. The molecule has 0 bridgehead atoms. The van der Waals surface area contributed by atoms with Crippen LogP contribution in [0.3, 0.4) is 0 Å². The van der Waals surface area contributed by atoms with E-state index in [9.17, 15) is 19.3 Å². The van der Waals surface area contributed by atoms with Gasteiger partial charge >= 0.3 is 0 Å². The molecule has 6 nitrogen and oxygen atoms in total. The highest BCUT2D eigenvalue weighted by Crippen LogP contribution is 2.34. The van der Waals surface area contributed by atoms with Crippen LogP contribution in [0.4, 0.5) is 15.8 Å². The van der Waals surface area contributed by atoms with Gasteiger partial charge in [0.2, 0.25) is 0 Å². The highest BCUT2D eigenvalue weighted by Gasteiger charge is 2.34. The molecule has 1 saturated carbocycles. The Bertz CT molecular complexity index is 890. The monoisotopic (exact) mass is 383 g/mol. The highest BCUT2D eigenvalue weighted by molar-refractivity contribution is 5.96. The Morgan fingerprint density at radius 1 is 1.14 bits per heavy atom. The quantitative estimate of drug-likeness (QED) is 0.555. The standard InChI is InChI=1S/C21H22FN3O3/c22-17-6-3-15(4-7-17)14-24(18-8-9-18)21(26)16-5-10-19(20(13-16)25(27)28)23-11-1-2-12-23/h3-7,10,13,18H,1-2,8-9,11-12,14H2. The van der Waals surface area contributed by atoms with Gasteiger partial charge in [-0.2, -0.15) is 0 Å². The molecule has 28 heavy (non-hydrogen) atoms. The minimum Gasteiger partial charge on any atom is -0.366 e. The van der Waals surface area contributed by atoms with Crippen molar-refractivity contribution in [2.24, 2.45) is 0 Å². The predicted octanol–water partition coefficient (Wildman–Crippen LogP) is 4.14. The smallest absolute Gasteiger partial charge is 0.293 e. The summed E-state index contributed by atoms with van der Waals surface area (Å²) >= 11 is 0. The van der Waals surface area contributed by atoms with Gasteiger partial charge in [0, 0.05) is 37.3 Å². The predicted molar refractivity (Wildman–Crippen MR) is 104 cm³/mol. The zero-order chi connectivity index (χ0) is 19.7. The maximum atomic E-state index is 13.2. The molecule has 0 atom stereocenters. The lowest BCUT2D eigenvalue weighted by molar-refractivity contribution is -0.384. The van der Waals surface area contributed by atoms with Crippen LogP contribution in [0.15, 0.2) is 42.5 Å². The van der Waals surface area contributed by atoms with E-state index in [1.54, 1.807) is 29.2 Å². The first-order chi connectivity index (χ1) is 13.5. The SMILES string of the molecule is O=C(c1ccc(N2CCCC2)c([N+](=O)[O-])c1)N(Cc1ccc(F)cc1)C1CC1. The number of amides is 1. The third-order valence-electron chi connectivity index (χ3n) is 5.38. The minimum atomic E-state index is -0.411. The lowest BCUT2D eigenvalue weighted by Gasteiger charge is -2.23. The molecule has 1 saturated heterocycles. The summed E-state index contributed by atoms with van der Waals surface area (Å²) in [7, 11) is 0. The third kappa shape index (κ3) is 3.83. The van der Waals surface area contributed by atoms with Crippen LogP contribution in [0.5, 0.6) is 0 Å². The summed E-state index contributed by atoms with van der Waals surface area (Å²) in [6, 6.07) is 11.0. The number of rotatable bonds is 6. The van der Waals surface area contributed by atoms with Gasteiger partial charge in [0.1, 0.15) is 11.5 Å². The van der Waals surface area contributed by atoms with Crippen molar-refractivity contribution >= 4 is 17.3 Å². The summed E-state index contributed by atoms with van der Waals surface area (Å²) in [6.07, 6.45) is 3.87. The molecule has 0 unspecified atom stereocenters. The minimum absolute atomic E-state index is 0.0229. The number of benzene rings is 2. The molecule has 1 heterocycles. The molecule has 0 N–H and O–H groups in total. The second-order valence-electron chi connectivity index (χ2n) is 7.45. The summed E-state index contributed by atoms with van der Waals surface area (Å²) in [5.74, 6) is -0.538. The fourth-order valence-electron chi connectivity index (χ4n) is 3.73. The topological polar surface area (TPSA) is 66.7 Å². The van der Waals surface area contributed by atoms with E-state index in [4.69, 9.17) is 0 Å². The molecule has 2 fully saturated rings. The molecule has 2 aliphatic rings. The molecule has 1 amide bonds. The summed E-state index contributed by atoms with van der Waals surface area (Å²) in [6.45, 7) is 1.96. The molecular weight excluding hydrogens is 361 g/mol. The number of anilines is 1. The van der Waals surface area contributed by atoms with E-state index in [1.807, 2.05) is 4.90 Å². The number of carbonyl (C=O) groups excluding carboxylic acids is 1. The number of hydrogen-bond donors (Lipinski definition) is 0. The first-order valence-electron chi connectivity index (χ1n) is 9.62. The Morgan fingerprint density at radius 3 is 2.43 bits per heavy atom. The van der Waals surface area contributed by atoms with Crippen LogP contribution >= 0.6 is 0 Å². The average Bonchev–Trinajstić information content (AvgIpc) is 3.39. The van der Waals surface area contributed by atoms with Crippen LogP contribution in [0, 0.1) is 15.9 Å². The van der Waals surface area contributed by atoms with E-state index in [0.29, 0.717) is 17.8 Å². The number of hydrogen-bond acceptors (Lipinski definition) is 4. The Kier molecular flexibility index (Phi) is 4.98. The number of carbonyl (C=O) groups is 1. The maximum absolute atomic E-state index is 13.2. The second kappa shape index (κ2) is 7.58. The number of nitro groups is 1. The lowest BCUT2D eigenvalue weighted by Crippen LogP contribution is -2.32. The van der Waals surface area contributed by atoms with Gasteiger partial charge in [0.15, 0.2) is 0 Å². The fraction of sp³-hybridized carbons (Fsp3) is 0.381. The third-order valence-corrected chi connectivity index (χ3v) is 5.38. The van der Waals surface area contributed by atoms with Crippen LogP contribution in [0.1, 0.15) is 41.6 Å². The second-order valence-corrected chi connectivity index (χ2v) is 7.45. The Morgan fingerprint density at radius 2 is 1.82 bits per heavy atom. The van der Waals surface area contributed by atoms with Crippen molar-refractivity contribution in [3.05, 3.63) is 69.5 Å². The van der Waals surface area contributed by atoms with Gasteiger partial charge in [0.25, 0.3) is 11.6 Å². The van der Waals surface area contributed by atoms with E-state index in [1.165, 1.54) is 18.2 Å². The van der Waals surface area contributed by atoms with Gasteiger partial charge in [-0.05, 0) is 55.5 Å². The number of nitrogens with zero attached hydrogens (tertiary/aromatic N) is 3. The molecule has 2 aromatic rings. The molecule has 2 aromatic carbocycles. The normalized spacial score (nSPS) is 16.2. The Hall–Kier alpha value is -2.96. The molecular formula is C21H22FN3O3. The molecule has 0 spiro atoms. The van der Waals surface area contributed by atoms with Crippen molar-refractivity contribution < 1.29 is 14.1 Å². The molecule has 1 aliphatic carbocycles. The molecule has 1 aliphatic heterocycles. The Labute approximate surface area is 162 Å². The van der Waals surface area contributed by atoms with Gasteiger partial charge in [0.05, 0.1) is 4.92 Å². The fourth-order valence-corrected chi connectivity index (χ4v) is 3.73. The van der Waals surface area contributed by atoms with E-state index in [0.717, 1.165) is 44.3 Å². The van der Waals surface area contributed by atoms with Gasteiger partial charge in [-0.1, -0.05) is 12.1 Å². The summed E-state index contributed by atoms with van der Waals surface area (Å²) in [4.78, 5) is 28.1. The zero-order valence-electron chi connectivity index (χ0n) is 15.5. The van der Waals surface area contributed by atoms with Crippen LogP contribution in [0.25, 0.3) is 0 Å². The van der Waals surface area contributed by atoms with Crippen molar-refractivity contribution in [3.63, 3.8) is 0 Å². The van der Waals surface area contributed by atoms with Crippen LogP contribution in [-0.2, 0) is 6.54 Å². The van der Waals surface area contributed by atoms with Gasteiger partial charge in [-0.3, -0.25) is 14.9 Å². The molecule has 7 heteroatoms. The Balaban J connectivity index is 1.60. The van der Waals surface area contributed by atoms with Crippen molar-refractivity contribution in [2.45, 2.75) is 38.3 Å². The molecule has 146 valence electrons. The van der Waals surface area contributed by atoms with Gasteiger partial charge < -0.3 is 9.80 Å². The average molecular weight is 383 g/mol. The van der Waals surface area contributed by atoms with E-state index in [-0.39, 0.29) is 23.5 Å². The summed E-state index contributed by atoms with van der Waals surface area (Å²) < 4.78 is 13.2. The maximum Gasteiger partial charge on any atom is 0.293 e. The first kappa shape index (κ1) is 18.4. The van der Waals surface area contributed by atoms with Crippen LogP contribution in [-0.4, -0.2) is 34.9 Å². The van der Waals surface area contributed by atoms with E-state index in [2.05, 4.69) is 0 Å². The number of nitro benzene ring substituents is 1. The van der Waals surface area contributed by atoms with Crippen molar-refractivity contribution in [1.29, 1.82) is 0 Å². The van der Waals surface area contributed by atoms with Crippen molar-refractivity contribution in [2.75, 3.05) is 18.0 Å². The van der Waals surface area contributed by atoms with Crippen LogP contribution in [0.2, 0.25) is 0 Å². The number of halogens is 1. The van der Waals surface area contributed by atoms with Crippen LogP contribution < -0.4 is 4.90 Å². The van der Waals surface area contributed by atoms with Gasteiger partial charge in [-0.15, -0.1) is 0 Å². The highest BCUT2D eigenvalue weighted by atomic mass is 19.1. The van der Waals surface area contributed by atoms with Crippen molar-refractivity contribution in [3.8, 4) is 0 Å². The van der Waals surface area contributed by atoms with E-state index < -0.39 is 4.92 Å². The zero-order valence-corrected chi connectivity index (χ0v) is 15.5. The largest absolute Gasteiger partial charge is 0.366 e. The lowest BCUT2D eigenvalue weighted by atomic mass is 10.1. The van der Waals surface area contributed by atoms with Gasteiger partial charge in [-0.25, -0.2) is 4.39 Å². The molecule has 0 radical (unpaired) electrons.